The Labute approximate surface area is 134 Å². The van der Waals surface area contributed by atoms with E-state index in [0.717, 1.165) is 12.2 Å². The molecule has 0 fully saturated rings. The van der Waals surface area contributed by atoms with Crippen LogP contribution in [0.25, 0.3) is 0 Å². The molecule has 0 saturated carbocycles. The summed E-state index contributed by atoms with van der Waals surface area (Å²) in [5, 5.41) is 0. The van der Waals surface area contributed by atoms with Gasteiger partial charge in [0.15, 0.2) is 0 Å². The molecule has 2 aromatic rings. The van der Waals surface area contributed by atoms with Gasteiger partial charge < -0.3 is 18.9 Å². The first-order valence-corrected chi connectivity index (χ1v) is 7.56. The molecule has 3 rings (SSSR count). The smallest absolute Gasteiger partial charge is 0.248 e. The summed E-state index contributed by atoms with van der Waals surface area (Å²) < 4.78 is 12.8. The molecule has 1 atom stereocenters. The Balaban J connectivity index is 1.70. The fraction of sp³-hybridized carbons (Fsp3) is 0.438. The fourth-order valence-electron chi connectivity index (χ4n) is 2.70. The highest BCUT2D eigenvalue weighted by atomic mass is 16.5. The van der Waals surface area contributed by atoms with E-state index in [4.69, 9.17) is 9.47 Å². The van der Waals surface area contributed by atoms with Crippen molar-refractivity contribution in [3.63, 3.8) is 0 Å². The second-order valence-electron chi connectivity index (χ2n) is 5.59. The summed E-state index contributed by atoms with van der Waals surface area (Å²) in [6.07, 6.45) is 5.30. The van der Waals surface area contributed by atoms with Crippen molar-refractivity contribution in [2.24, 2.45) is 5.92 Å². The van der Waals surface area contributed by atoms with Crippen molar-refractivity contribution >= 4 is 5.91 Å². The summed E-state index contributed by atoms with van der Waals surface area (Å²) in [5.41, 5.74) is 1.02. The van der Waals surface area contributed by atoms with Gasteiger partial charge in [-0.1, -0.05) is 6.07 Å². The zero-order valence-electron chi connectivity index (χ0n) is 13.1. The lowest BCUT2D eigenvalue weighted by Crippen LogP contribution is -2.37. The Morgan fingerprint density at radius 1 is 1.39 bits per heavy atom. The minimum absolute atomic E-state index is 0.0232. The third kappa shape index (κ3) is 3.87. The summed E-state index contributed by atoms with van der Waals surface area (Å²) in [6.45, 7) is 2.51. The lowest BCUT2D eigenvalue weighted by molar-refractivity contribution is -0.136. The van der Waals surface area contributed by atoms with Gasteiger partial charge in [-0.15, -0.1) is 0 Å². The van der Waals surface area contributed by atoms with Gasteiger partial charge in [0.05, 0.1) is 25.2 Å². The first-order valence-electron chi connectivity index (χ1n) is 7.56. The highest BCUT2D eigenvalue weighted by molar-refractivity contribution is 5.77. The van der Waals surface area contributed by atoms with Crippen LogP contribution < -0.4 is 4.74 Å². The van der Waals surface area contributed by atoms with Crippen molar-refractivity contribution in [1.29, 1.82) is 0 Å². The monoisotopic (exact) mass is 316 g/mol. The van der Waals surface area contributed by atoms with Gasteiger partial charge in [-0.3, -0.25) is 4.79 Å². The number of nitrogens with zero attached hydrogens (tertiary/aromatic N) is 4. The van der Waals surface area contributed by atoms with Crippen molar-refractivity contribution in [2.45, 2.75) is 13.1 Å². The molecule has 7 nitrogen and oxygen atoms in total. The predicted octanol–water partition coefficient (Wildman–Crippen LogP) is 0.962. The zero-order valence-corrected chi connectivity index (χ0v) is 13.1. The maximum Gasteiger partial charge on any atom is 0.248 e. The number of hydrogen-bond donors (Lipinski definition) is 0. The van der Waals surface area contributed by atoms with Crippen molar-refractivity contribution in [2.75, 3.05) is 26.9 Å². The third-order valence-corrected chi connectivity index (χ3v) is 3.81. The van der Waals surface area contributed by atoms with Gasteiger partial charge in [-0.2, -0.15) is 0 Å². The molecule has 1 unspecified atom stereocenters. The number of carbonyl (C=O) groups excluding carboxylic acids is 1. The average Bonchev–Trinajstić information content (AvgIpc) is 2.92. The zero-order chi connectivity index (χ0) is 16.1. The van der Waals surface area contributed by atoms with Crippen LogP contribution in [0.2, 0.25) is 0 Å². The number of aromatic nitrogens is 3. The lowest BCUT2D eigenvalue weighted by atomic mass is 10.1. The van der Waals surface area contributed by atoms with Gasteiger partial charge in [-0.05, 0) is 6.07 Å². The molecule has 0 N–H and O–H groups in total. The first-order chi connectivity index (χ1) is 11.3. The molecule has 1 aliphatic heterocycles. The van der Waals surface area contributed by atoms with E-state index in [0.29, 0.717) is 25.6 Å². The molecule has 0 radical (unpaired) electrons. The summed E-state index contributed by atoms with van der Waals surface area (Å²) in [7, 11) is 1.53. The molecule has 0 aromatic carbocycles. The maximum atomic E-state index is 12.2. The Bertz CT molecular complexity index is 644. The van der Waals surface area contributed by atoms with Crippen LogP contribution in [-0.4, -0.2) is 52.2 Å². The summed E-state index contributed by atoms with van der Waals surface area (Å²) in [4.78, 5) is 22.4. The topological polar surface area (TPSA) is 69.5 Å². The van der Waals surface area contributed by atoms with Gasteiger partial charge in [0, 0.05) is 44.6 Å². The largest absolute Gasteiger partial charge is 0.477 e. The number of hydrogen-bond acceptors (Lipinski definition) is 5. The molecule has 2 aromatic heterocycles. The van der Waals surface area contributed by atoms with Gasteiger partial charge in [0.1, 0.15) is 6.61 Å². The molecule has 1 aliphatic rings. The highest BCUT2D eigenvalue weighted by Crippen LogP contribution is 2.17. The second kappa shape index (κ2) is 7.23. The average molecular weight is 316 g/mol. The first kappa shape index (κ1) is 15.5. The number of carbonyl (C=O) groups is 1. The van der Waals surface area contributed by atoms with Crippen LogP contribution in [0.5, 0.6) is 5.88 Å². The summed E-state index contributed by atoms with van der Waals surface area (Å²) >= 11 is 0. The van der Waals surface area contributed by atoms with Gasteiger partial charge in [-0.25, -0.2) is 9.97 Å². The Kier molecular flexibility index (Phi) is 4.87. The number of fused-ring (bicyclic) bond motifs is 1. The van der Waals surface area contributed by atoms with E-state index < -0.39 is 0 Å². The molecule has 122 valence electrons. The van der Waals surface area contributed by atoms with E-state index in [9.17, 15) is 4.79 Å². The van der Waals surface area contributed by atoms with Crippen LogP contribution in [0.3, 0.4) is 0 Å². The number of imidazole rings is 1. The molecule has 3 heterocycles. The van der Waals surface area contributed by atoms with Gasteiger partial charge in [0.25, 0.3) is 0 Å². The van der Waals surface area contributed by atoms with Crippen LogP contribution in [0.4, 0.5) is 0 Å². The summed E-state index contributed by atoms with van der Waals surface area (Å²) in [5.74, 6) is 0.732. The third-order valence-electron chi connectivity index (χ3n) is 3.81. The van der Waals surface area contributed by atoms with Crippen LogP contribution in [0.1, 0.15) is 5.69 Å². The van der Waals surface area contributed by atoms with Gasteiger partial charge in [0.2, 0.25) is 11.8 Å². The van der Waals surface area contributed by atoms with E-state index in [-0.39, 0.29) is 18.4 Å². The molecular weight excluding hydrogens is 296 g/mol. The fourth-order valence-corrected chi connectivity index (χ4v) is 2.70. The van der Waals surface area contributed by atoms with E-state index in [1.807, 2.05) is 18.2 Å². The standard InChI is InChI=1S/C16H20N4O3/c1-22-11-16(21)19-7-13(8-20-12-17-6-14(20)9-19)10-23-15-4-2-3-5-18-15/h2-6,12-13H,7-11H2,1H3. The summed E-state index contributed by atoms with van der Waals surface area (Å²) in [6, 6.07) is 5.56. The van der Waals surface area contributed by atoms with Crippen molar-refractivity contribution < 1.29 is 14.3 Å². The normalized spacial score (nSPS) is 17.4. The van der Waals surface area contributed by atoms with Crippen LogP contribution in [0, 0.1) is 5.92 Å². The molecule has 0 spiro atoms. The van der Waals surface area contributed by atoms with Crippen molar-refractivity contribution in [3.05, 3.63) is 42.6 Å². The lowest BCUT2D eigenvalue weighted by Gasteiger charge is -2.24. The molecule has 23 heavy (non-hydrogen) atoms. The number of ether oxygens (including phenoxy) is 2. The van der Waals surface area contributed by atoms with Crippen molar-refractivity contribution in [3.8, 4) is 5.88 Å². The van der Waals surface area contributed by atoms with Gasteiger partial charge >= 0.3 is 0 Å². The van der Waals surface area contributed by atoms with E-state index in [2.05, 4.69) is 14.5 Å². The number of pyridine rings is 1. The SMILES string of the molecule is COCC(=O)N1Cc2cncn2CC(COc2ccccn2)C1. The van der Waals surface area contributed by atoms with E-state index >= 15 is 0 Å². The van der Waals surface area contributed by atoms with E-state index in [1.54, 1.807) is 23.6 Å². The number of rotatable bonds is 5. The molecular formula is C16H20N4O3. The molecule has 0 bridgehead atoms. The Morgan fingerprint density at radius 3 is 3.09 bits per heavy atom. The Morgan fingerprint density at radius 2 is 2.30 bits per heavy atom. The van der Waals surface area contributed by atoms with Crippen LogP contribution >= 0.6 is 0 Å². The second-order valence-corrected chi connectivity index (χ2v) is 5.59. The molecule has 0 saturated heterocycles. The van der Waals surface area contributed by atoms with E-state index in [1.165, 1.54) is 7.11 Å². The predicted molar refractivity (Wildman–Crippen MR) is 82.7 cm³/mol. The Hall–Kier alpha value is -2.41. The maximum absolute atomic E-state index is 12.2. The number of amides is 1. The molecule has 7 heteroatoms. The van der Waals surface area contributed by atoms with Crippen molar-refractivity contribution in [1.82, 2.24) is 19.4 Å². The van der Waals surface area contributed by atoms with Crippen LogP contribution in [-0.2, 0) is 22.6 Å². The molecule has 1 amide bonds. The minimum atomic E-state index is -0.0232. The number of methoxy groups -OCH3 is 1. The minimum Gasteiger partial charge on any atom is -0.477 e. The highest BCUT2D eigenvalue weighted by Gasteiger charge is 2.25. The van der Waals surface area contributed by atoms with Crippen LogP contribution in [0.15, 0.2) is 36.9 Å². The molecule has 0 aliphatic carbocycles. The quantitative estimate of drug-likeness (QED) is 0.822.